The molecule has 2 N–H and O–H groups in total. The monoisotopic (exact) mass is 470 g/mol. The van der Waals surface area contributed by atoms with Crippen molar-refractivity contribution in [2.24, 2.45) is 0 Å². The van der Waals surface area contributed by atoms with E-state index in [2.05, 4.69) is 15.6 Å². The van der Waals surface area contributed by atoms with E-state index < -0.39 is 11.6 Å². The second-order valence-corrected chi connectivity index (χ2v) is 7.96. The third-order valence-corrected chi connectivity index (χ3v) is 5.65. The van der Waals surface area contributed by atoms with Gasteiger partial charge in [0.05, 0.1) is 29.5 Å². The SMILES string of the molecule is CC[C@@H](C(=O)Nc1ccccc1OC)n1c(=O)c(-c2ccccc2NC(C)=O)nc2ccccc21. The van der Waals surface area contributed by atoms with Crippen LogP contribution in [0.25, 0.3) is 22.3 Å². The third kappa shape index (κ3) is 4.77. The predicted molar refractivity (Wildman–Crippen MR) is 137 cm³/mol. The number of methoxy groups -OCH3 is 1. The molecular weight excluding hydrogens is 444 g/mol. The maximum atomic E-state index is 13.9. The first-order chi connectivity index (χ1) is 16.9. The fourth-order valence-electron chi connectivity index (χ4n) is 4.08. The minimum absolute atomic E-state index is 0.150. The van der Waals surface area contributed by atoms with Gasteiger partial charge in [-0.25, -0.2) is 4.98 Å². The standard InChI is InChI=1S/C27H26N4O4/c1-4-22(26(33)30-21-14-8-10-16-24(21)35-3)31-23-15-9-7-13-20(23)29-25(27(31)34)18-11-5-6-12-19(18)28-17(2)32/h5-16,22H,4H2,1-3H3,(H,28,32)(H,30,33)/t22-/m0/s1. The second kappa shape index (κ2) is 10.2. The van der Waals surface area contributed by atoms with E-state index in [4.69, 9.17) is 4.74 Å². The molecule has 0 fully saturated rings. The van der Waals surface area contributed by atoms with Gasteiger partial charge in [0.1, 0.15) is 17.5 Å². The van der Waals surface area contributed by atoms with E-state index in [1.165, 1.54) is 18.6 Å². The van der Waals surface area contributed by atoms with E-state index in [1.54, 1.807) is 60.7 Å². The molecule has 8 heteroatoms. The highest BCUT2D eigenvalue weighted by atomic mass is 16.5. The zero-order valence-electron chi connectivity index (χ0n) is 19.7. The molecule has 0 unspecified atom stereocenters. The Kier molecular flexibility index (Phi) is 6.91. The topological polar surface area (TPSA) is 102 Å². The highest BCUT2D eigenvalue weighted by Gasteiger charge is 2.25. The number of carbonyl (C=O) groups excluding carboxylic acids is 2. The summed E-state index contributed by atoms with van der Waals surface area (Å²) in [7, 11) is 1.53. The number of hydrogen-bond donors (Lipinski definition) is 2. The summed E-state index contributed by atoms with van der Waals surface area (Å²) < 4.78 is 6.83. The number of rotatable bonds is 7. The molecule has 0 saturated carbocycles. The van der Waals surface area contributed by atoms with Crippen LogP contribution in [0, 0.1) is 0 Å². The van der Waals surface area contributed by atoms with Crippen LogP contribution in [0.4, 0.5) is 11.4 Å². The molecule has 1 heterocycles. The summed E-state index contributed by atoms with van der Waals surface area (Å²) in [6, 6.07) is 20.5. The molecule has 35 heavy (non-hydrogen) atoms. The molecule has 1 atom stereocenters. The summed E-state index contributed by atoms with van der Waals surface area (Å²) in [5.74, 6) is -0.0923. The minimum Gasteiger partial charge on any atom is -0.495 e. The van der Waals surface area contributed by atoms with Gasteiger partial charge in [0.25, 0.3) is 5.56 Å². The molecule has 0 spiro atoms. The molecule has 178 valence electrons. The highest BCUT2D eigenvalue weighted by molar-refractivity contribution is 5.97. The zero-order chi connectivity index (χ0) is 24.9. The number of ether oxygens (including phenoxy) is 1. The van der Waals surface area contributed by atoms with Crippen molar-refractivity contribution in [3.8, 4) is 17.0 Å². The van der Waals surface area contributed by atoms with E-state index in [1.807, 2.05) is 19.1 Å². The van der Waals surface area contributed by atoms with Gasteiger partial charge in [-0.05, 0) is 36.8 Å². The van der Waals surface area contributed by atoms with Crippen LogP contribution in [0.5, 0.6) is 5.75 Å². The summed E-state index contributed by atoms with van der Waals surface area (Å²) >= 11 is 0. The van der Waals surface area contributed by atoms with Gasteiger partial charge in [0, 0.05) is 12.5 Å². The third-order valence-electron chi connectivity index (χ3n) is 5.65. The number of benzene rings is 3. The van der Waals surface area contributed by atoms with Gasteiger partial charge in [0.2, 0.25) is 11.8 Å². The molecule has 3 aromatic carbocycles. The van der Waals surface area contributed by atoms with Gasteiger partial charge in [-0.15, -0.1) is 0 Å². The van der Waals surface area contributed by atoms with Gasteiger partial charge in [-0.3, -0.25) is 19.0 Å². The van der Waals surface area contributed by atoms with E-state index in [0.717, 1.165) is 0 Å². The first-order valence-corrected chi connectivity index (χ1v) is 11.3. The number of amides is 2. The molecule has 1 aromatic heterocycles. The number of para-hydroxylation sites is 5. The van der Waals surface area contributed by atoms with Crippen molar-refractivity contribution in [2.45, 2.75) is 26.3 Å². The Bertz CT molecular complexity index is 1460. The highest BCUT2D eigenvalue weighted by Crippen LogP contribution is 2.29. The lowest BCUT2D eigenvalue weighted by Gasteiger charge is -2.22. The Hall–Kier alpha value is -4.46. The Balaban J connectivity index is 1.89. The maximum Gasteiger partial charge on any atom is 0.278 e. The quantitative estimate of drug-likeness (QED) is 0.410. The van der Waals surface area contributed by atoms with Gasteiger partial charge in [0.15, 0.2) is 0 Å². The molecule has 8 nitrogen and oxygen atoms in total. The largest absolute Gasteiger partial charge is 0.495 e. The van der Waals surface area contributed by atoms with Crippen LogP contribution in [-0.4, -0.2) is 28.5 Å². The van der Waals surface area contributed by atoms with Crippen LogP contribution >= 0.6 is 0 Å². The Morgan fingerprint density at radius 3 is 2.31 bits per heavy atom. The number of fused-ring (bicyclic) bond motifs is 1. The van der Waals surface area contributed by atoms with Crippen LogP contribution < -0.4 is 20.9 Å². The Morgan fingerprint density at radius 2 is 1.60 bits per heavy atom. The van der Waals surface area contributed by atoms with Crippen LogP contribution in [0.3, 0.4) is 0 Å². The van der Waals surface area contributed by atoms with Crippen molar-refractivity contribution in [1.82, 2.24) is 9.55 Å². The molecule has 0 aliphatic carbocycles. The first-order valence-electron chi connectivity index (χ1n) is 11.3. The number of nitrogens with zero attached hydrogens (tertiary/aromatic N) is 2. The van der Waals surface area contributed by atoms with Crippen LogP contribution in [-0.2, 0) is 9.59 Å². The smallest absolute Gasteiger partial charge is 0.278 e. The molecule has 0 aliphatic rings. The minimum atomic E-state index is -0.813. The molecule has 4 aromatic rings. The number of hydrogen-bond acceptors (Lipinski definition) is 5. The molecule has 4 rings (SSSR count). The van der Waals surface area contributed by atoms with Gasteiger partial charge in [-0.2, -0.15) is 0 Å². The number of aromatic nitrogens is 2. The van der Waals surface area contributed by atoms with Crippen LogP contribution in [0.15, 0.2) is 77.6 Å². The summed E-state index contributed by atoms with van der Waals surface area (Å²) in [5.41, 5.74) is 2.29. The summed E-state index contributed by atoms with van der Waals surface area (Å²) in [5, 5.41) is 5.66. The van der Waals surface area contributed by atoms with Crippen molar-refractivity contribution in [3.63, 3.8) is 0 Å². The lowest BCUT2D eigenvalue weighted by atomic mass is 10.1. The first kappa shape index (κ1) is 23.7. The molecule has 2 amide bonds. The predicted octanol–water partition coefficient (Wildman–Crippen LogP) is 4.62. The lowest BCUT2D eigenvalue weighted by Crippen LogP contribution is -2.34. The Labute approximate surface area is 202 Å². The van der Waals surface area contributed by atoms with E-state index >= 15 is 0 Å². The van der Waals surface area contributed by atoms with Gasteiger partial charge >= 0.3 is 0 Å². The fourth-order valence-corrected chi connectivity index (χ4v) is 4.08. The van der Waals surface area contributed by atoms with Crippen LogP contribution in [0.1, 0.15) is 26.3 Å². The van der Waals surface area contributed by atoms with Crippen molar-refractivity contribution in [1.29, 1.82) is 0 Å². The van der Waals surface area contributed by atoms with Crippen molar-refractivity contribution >= 4 is 34.2 Å². The zero-order valence-corrected chi connectivity index (χ0v) is 19.7. The van der Waals surface area contributed by atoms with Crippen molar-refractivity contribution in [3.05, 3.63) is 83.2 Å². The molecule has 0 bridgehead atoms. The fraction of sp³-hybridized carbons (Fsp3) is 0.185. The van der Waals surface area contributed by atoms with Gasteiger partial charge < -0.3 is 15.4 Å². The number of carbonyl (C=O) groups is 2. The number of nitrogens with one attached hydrogen (secondary N) is 2. The second-order valence-electron chi connectivity index (χ2n) is 7.96. The van der Waals surface area contributed by atoms with E-state index in [0.29, 0.717) is 40.1 Å². The molecular formula is C27H26N4O4. The summed E-state index contributed by atoms with van der Waals surface area (Å²) in [4.78, 5) is 43.7. The van der Waals surface area contributed by atoms with E-state index in [-0.39, 0.29) is 17.5 Å². The van der Waals surface area contributed by atoms with Gasteiger partial charge in [-0.1, -0.05) is 49.4 Å². The molecule has 0 radical (unpaired) electrons. The van der Waals surface area contributed by atoms with Crippen LogP contribution in [0.2, 0.25) is 0 Å². The average Bonchev–Trinajstić information content (AvgIpc) is 2.86. The molecule has 0 aliphatic heterocycles. The number of anilines is 2. The lowest BCUT2D eigenvalue weighted by molar-refractivity contribution is -0.119. The average molecular weight is 471 g/mol. The Morgan fingerprint density at radius 1 is 0.943 bits per heavy atom. The van der Waals surface area contributed by atoms with Crippen molar-refractivity contribution in [2.75, 3.05) is 17.7 Å². The summed E-state index contributed by atoms with van der Waals surface area (Å²) in [6.45, 7) is 3.25. The van der Waals surface area contributed by atoms with Crippen molar-refractivity contribution < 1.29 is 14.3 Å². The maximum absolute atomic E-state index is 13.9. The summed E-state index contributed by atoms with van der Waals surface area (Å²) in [6.07, 6.45) is 0.363. The normalized spacial score (nSPS) is 11.6. The van der Waals surface area contributed by atoms with E-state index in [9.17, 15) is 14.4 Å². The molecule has 0 saturated heterocycles.